The van der Waals surface area contributed by atoms with Gasteiger partial charge in [0.15, 0.2) is 0 Å². The van der Waals surface area contributed by atoms with Crippen molar-refractivity contribution in [2.45, 2.75) is 69.7 Å². The number of rotatable bonds is 0. The van der Waals surface area contributed by atoms with Crippen LogP contribution < -0.4 is 0 Å². The Hall–Kier alpha value is -7.83. The molecule has 0 amide bonds. The minimum absolute atomic E-state index is 0. The van der Waals surface area contributed by atoms with Gasteiger partial charge in [0.25, 0.3) is 0 Å². The van der Waals surface area contributed by atoms with E-state index in [1.165, 1.54) is 0 Å². The van der Waals surface area contributed by atoms with Crippen molar-refractivity contribution in [2.24, 2.45) is 16.2 Å². The molecule has 0 N–H and O–H groups in total. The van der Waals surface area contributed by atoms with Gasteiger partial charge in [0.05, 0.1) is 0 Å². The van der Waals surface area contributed by atoms with E-state index < -0.39 is 0 Å². The maximum absolute atomic E-state index is 5.21. The maximum atomic E-state index is 5.21. The summed E-state index contributed by atoms with van der Waals surface area (Å²) in [5.74, 6) is 46.4. The van der Waals surface area contributed by atoms with Crippen molar-refractivity contribution in [3.05, 3.63) is 186 Å². The second-order valence-electron chi connectivity index (χ2n) is 18.0. The molecule has 6 aromatic rings. The van der Waals surface area contributed by atoms with Gasteiger partial charge < -0.3 is 0 Å². The molecule has 0 saturated heterocycles. The van der Waals surface area contributed by atoms with Crippen molar-refractivity contribution in [3.8, 4) is 108 Å². The SMILES string of the molecule is Brc1cncc(Br)c1.C.C#Cc1cc(C#C)cc(C#C)c1.CC(C)(C)C#Cc1cncc(C#Cc2cc(C#Cc3cncc(C#CC(C)(C)C)c3)cc(C#Cc3cncc(C#CC(C)(C)C)c3)c2)c1.[B][B]. The number of benzene rings is 2. The van der Waals surface area contributed by atoms with Crippen LogP contribution in [-0.2, 0) is 0 Å². The second-order valence-corrected chi connectivity index (χ2v) is 19.8. The number of hydrogen-bond acceptors (Lipinski definition) is 4. The smallest absolute Gasteiger partial charge is 0.0444 e. The molecule has 4 radical (unpaired) electrons. The third kappa shape index (κ3) is 24.9. The van der Waals surface area contributed by atoms with Gasteiger partial charge in [0, 0.05) is 157 Å². The van der Waals surface area contributed by atoms with Crippen molar-refractivity contribution in [1.82, 2.24) is 19.9 Å². The molecule has 0 atom stereocenters. The summed E-state index contributed by atoms with van der Waals surface area (Å²) in [7, 11) is 8.00. The molecular formula is C63H52B2Br2N4. The van der Waals surface area contributed by atoms with Crippen molar-refractivity contribution in [1.29, 1.82) is 0 Å². The van der Waals surface area contributed by atoms with Crippen molar-refractivity contribution in [2.75, 3.05) is 0 Å². The summed E-state index contributed by atoms with van der Waals surface area (Å²) in [6.07, 6.45) is 29.6. The van der Waals surface area contributed by atoms with Crippen LogP contribution in [0.1, 0.15) is 137 Å². The van der Waals surface area contributed by atoms with Gasteiger partial charge in [-0.15, -0.1) is 19.3 Å². The first-order valence-electron chi connectivity index (χ1n) is 21.5. The summed E-state index contributed by atoms with van der Waals surface area (Å²) < 4.78 is 1.98. The lowest BCUT2D eigenvalue weighted by molar-refractivity contribution is 0.570. The van der Waals surface area contributed by atoms with Crippen LogP contribution in [-0.4, -0.2) is 35.4 Å². The summed E-state index contributed by atoms with van der Waals surface area (Å²) in [4.78, 5) is 16.9. The van der Waals surface area contributed by atoms with E-state index in [9.17, 15) is 0 Å². The standard InChI is InChI=1S/C45H39N3.C12H6.C5H3Br2N.CH4.B2/c1-43(2,3)19-16-40-25-37(28-46-31-40)13-10-34-22-35(11-14-38-26-41(32-47-29-38)17-20-44(4,5)6)24-36(23-34)12-15-39-27-42(33-48-30-39)18-21-45(7,8)9;1-4-10-7-11(5-2)9-12(6-3)8-10;6-4-1-5(7)3-8-2-4;;1-2/h22-33H,1-9H3;1-3,7-9H;1-3H;1H4;. The van der Waals surface area contributed by atoms with Crippen LogP contribution >= 0.6 is 31.9 Å². The van der Waals surface area contributed by atoms with Gasteiger partial charge in [-0.25, -0.2) is 0 Å². The summed E-state index contributed by atoms with van der Waals surface area (Å²) in [6, 6.07) is 18.9. The lowest BCUT2D eigenvalue weighted by Crippen LogP contribution is -1.99. The van der Waals surface area contributed by atoms with Gasteiger partial charge >= 0.3 is 0 Å². The number of hydrogen-bond donors (Lipinski definition) is 0. The van der Waals surface area contributed by atoms with E-state index in [4.69, 9.17) is 19.3 Å². The predicted molar refractivity (Wildman–Crippen MR) is 304 cm³/mol. The summed E-state index contributed by atoms with van der Waals surface area (Å²) in [6.45, 7) is 18.7. The van der Waals surface area contributed by atoms with E-state index in [2.05, 4.69) is 218 Å². The molecule has 2 aromatic carbocycles. The average Bonchev–Trinajstić information content (AvgIpc) is 3.33. The highest BCUT2D eigenvalue weighted by molar-refractivity contribution is 9.11. The fourth-order valence-electron chi connectivity index (χ4n) is 5.05. The Bertz CT molecular complexity index is 2980. The molecule has 4 aromatic heterocycles. The molecule has 0 spiro atoms. The van der Waals surface area contributed by atoms with E-state index in [1.54, 1.807) is 67.8 Å². The number of nitrogens with zero attached hydrogens (tertiary/aromatic N) is 4. The molecule has 0 aliphatic rings. The largest absolute Gasteiger partial charge is 0.262 e. The summed E-state index contributed by atoms with van der Waals surface area (Å²) >= 11 is 6.54. The lowest BCUT2D eigenvalue weighted by Gasteiger charge is -2.06. The first kappa shape index (κ1) is 59.3. The van der Waals surface area contributed by atoms with Crippen LogP contribution in [0.5, 0.6) is 0 Å². The van der Waals surface area contributed by atoms with Crippen LogP contribution in [0.15, 0.2) is 119 Å². The Labute approximate surface area is 444 Å². The maximum Gasteiger partial charge on any atom is 0.0444 e. The van der Waals surface area contributed by atoms with Crippen LogP contribution in [0.2, 0.25) is 0 Å². The molecule has 8 heteroatoms. The van der Waals surface area contributed by atoms with Gasteiger partial charge in [-0.3, -0.25) is 19.9 Å². The number of halogens is 2. The molecule has 4 heterocycles. The first-order chi connectivity index (χ1) is 33.2. The van der Waals surface area contributed by atoms with E-state index in [0.717, 1.165) is 75.7 Å². The third-order valence-corrected chi connectivity index (χ3v) is 8.92. The average molecular weight is 1050 g/mol. The van der Waals surface area contributed by atoms with Crippen molar-refractivity contribution < 1.29 is 0 Å². The molecule has 6 rings (SSSR count). The molecule has 0 saturated carbocycles. The van der Waals surface area contributed by atoms with Crippen LogP contribution in [0.3, 0.4) is 0 Å². The zero-order valence-corrected chi connectivity index (χ0v) is 44.0. The molecule has 344 valence electrons. The normalized spacial score (nSPS) is 9.46. The van der Waals surface area contributed by atoms with E-state index in [-0.39, 0.29) is 23.7 Å². The molecule has 71 heavy (non-hydrogen) atoms. The van der Waals surface area contributed by atoms with Gasteiger partial charge in [0.1, 0.15) is 0 Å². The third-order valence-electron chi connectivity index (χ3n) is 8.05. The zero-order chi connectivity index (χ0) is 51.7. The highest BCUT2D eigenvalue weighted by Gasteiger charge is 2.06. The molecule has 0 fully saturated rings. The molecular weight excluding hydrogens is 994 g/mol. The van der Waals surface area contributed by atoms with Gasteiger partial charge in [-0.05, 0) is 155 Å². The Morgan fingerprint density at radius 1 is 0.324 bits per heavy atom. The van der Waals surface area contributed by atoms with Crippen molar-refractivity contribution >= 4 is 47.3 Å². The van der Waals surface area contributed by atoms with Crippen molar-refractivity contribution in [3.63, 3.8) is 0 Å². The fraction of sp³-hybridized carbons (Fsp3) is 0.206. The zero-order valence-electron chi connectivity index (χ0n) is 40.8. The van der Waals surface area contributed by atoms with Crippen LogP contribution in [0.25, 0.3) is 0 Å². The van der Waals surface area contributed by atoms with Gasteiger partial charge in [-0.2, -0.15) is 0 Å². The molecule has 0 aliphatic heterocycles. The molecule has 0 unspecified atom stereocenters. The fourth-order valence-corrected chi connectivity index (χ4v) is 6.09. The van der Waals surface area contributed by atoms with E-state index in [1.807, 2.05) is 42.5 Å². The Morgan fingerprint density at radius 3 is 0.732 bits per heavy atom. The number of aromatic nitrogens is 4. The van der Waals surface area contributed by atoms with Crippen LogP contribution in [0, 0.1) is 124 Å². The second kappa shape index (κ2) is 29.3. The Balaban J connectivity index is 0.000000615. The quantitative estimate of drug-likeness (QED) is 0.112. The van der Waals surface area contributed by atoms with E-state index >= 15 is 0 Å². The summed E-state index contributed by atoms with van der Waals surface area (Å²) in [5.41, 5.74) is 9.01. The number of pyridine rings is 4. The van der Waals surface area contributed by atoms with Gasteiger partial charge in [0.2, 0.25) is 0 Å². The van der Waals surface area contributed by atoms with Crippen LogP contribution in [0.4, 0.5) is 0 Å². The van der Waals surface area contributed by atoms with Gasteiger partial charge in [-0.1, -0.05) is 96.2 Å². The molecule has 0 aliphatic carbocycles. The topological polar surface area (TPSA) is 51.6 Å². The summed E-state index contributed by atoms with van der Waals surface area (Å²) in [5, 5.41) is 0. The first-order valence-corrected chi connectivity index (χ1v) is 23.1. The minimum Gasteiger partial charge on any atom is -0.262 e. The predicted octanol–water partition coefficient (Wildman–Crippen LogP) is 12.4. The molecule has 4 nitrogen and oxygen atoms in total. The highest BCUT2D eigenvalue weighted by atomic mass is 79.9. The number of terminal acetylenes is 3. The van der Waals surface area contributed by atoms with E-state index in [0.29, 0.717) is 0 Å². The Kier molecular flexibility index (Phi) is 24.4. The Morgan fingerprint density at radius 2 is 0.521 bits per heavy atom. The minimum atomic E-state index is -0.102. The highest BCUT2D eigenvalue weighted by Crippen LogP contribution is 2.16. The monoisotopic (exact) mass is 1040 g/mol. The lowest BCUT2D eigenvalue weighted by atomic mass is 9.81. The molecule has 0 bridgehead atoms.